The van der Waals surface area contributed by atoms with Crippen LogP contribution in [0, 0.1) is 12.3 Å². The van der Waals surface area contributed by atoms with E-state index in [1.165, 1.54) is 24.0 Å². The van der Waals surface area contributed by atoms with E-state index in [1.54, 1.807) is 0 Å². The summed E-state index contributed by atoms with van der Waals surface area (Å²) in [6, 6.07) is 6.42. The fourth-order valence-electron chi connectivity index (χ4n) is 2.25. The molecule has 18 heavy (non-hydrogen) atoms. The van der Waals surface area contributed by atoms with Crippen molar-refractivity contribution in [3.63, 3.8) is 0 Å². The Morgan fingerprint density at radius 2 is 1.94 bits per heavy atom. The van der Waals surface area contributed by atoms with Crippen molar-refractivity contribution in [2.24, 2.45) is 5.41 Å². The largest absolute Gasteiger partial charge is 0.312 e. The third-order valence-electron chi connectivity index (χ3n) is 3.72. The molecule has 0 amide bonds. The van der Waals surface area contributed by atoms with E-state index in [0.717, 1.165) is 18.0 Å². The molecule has 0 aromatic heterocycles. The summed E-state index contributed by atoms with van der Waals surface area (Å²) in [6.45, 7) is 9.86. The zero-order valence-electron chi connectivity index (χ0n) is 11.9. The third-order valence-corrected chi connectivity index (χ3v) is 4.08. The van der Waals surface area contributed by atoms with Crippen LogP contribution >= 0.6 is 11.6 Å². The van der Waals surface area contributed by atoms with E-state index in [2.05, 4.69) is 51.2 Å². The number of rotatable bonds is 4. The monoisotopic (exact) mass is 265 g/mol. The Morgan fingerprint density at radius 1 is 1.28 bits per heavy atom. The Balaban J connectivity index is 2.00. The quantitative estimate of drug-likeness (QED) is 0.853. The van der Waals surface area contributed by atoms with Crippen LogP contribution in [0.15, 0.2) is 18.2 Å². The number of aryl methyl sites for hydroxylation is 1. The summed E-state index contributed by atoms with van der Waals surface area (Å²) in [7, 11) is 0. The molecule has 1 nitrogen and oxygen atoms in total. The first-order valence-corrected chi connectivity index (χ1v) is 7.18. The van der Waals surface area contributed by atoms with Crippen LogP contribution in [0.2, 0.25) is 5.02 Å². The summed E-state index contributed by atoms with van der Waals surface area (Å²) in [5.41, 5.74) is 3.19. The molecule has 0 radical (unpaired) electrons. The molecule has 1 fully saturated rings. The number of hydrogen-bond donors (Lipinski definition) is 1. The van der Waals surface area contributed by atoms with Crippen molar-refractivity contribution in [2.75, 3.05) is 6.54 Å². The highest BCUT2D eigenvalue weighted by Gasteiger charge is 2.43. The van der Waals surface area contributed by atoms with Crippen LogP contribution in [0.1, 0.15) is 44.7 Å². The number of nitrogens with one attached hydrogen (secondary N) is 1. The molecule has 1 aromatic rings. The van der Waals surface area contributed by atoms with Crippen molar-refractivity contribution < 1.29 is 0 Å². The minimum atomic E-state index is 0.201. The standard InChI is InChI=1S/C16H24ClN/c1-12-5-6-13(14(17)9-12)10-16(7-8-16)11-18-15(2,3)4/h5-6,9,18H,7-8,10-11H2,1-4H3. The summed E-state index contributed by atoms with van der Waals surface area (Å²) >= 11 is 6.33. The van der Waals surface area contributed by atoms with Crippen molar-refractivity contribution in [1.29, 1.82) is 0 Å². The fraction of sp³-hybridized carbons (Fsp3) is 0.625. The molecule has 0 heterocycles. The zero-order valence-corrected chi connectivity index (χ0v) is 12.7. The lowest BCUT2D eigenvalue weighted by atomic mass is 9.94. The second-order valence-electron chi connectivity index (χ2n) is 6.88. The van der Waals surface area contributed by atoms with Gasteiger partial charge >= 0.3 is 0 Å². The Kier molecular flexibility index (Phi) is 3.75. The first-order valence-electron chi connectivity index (χ1n) is 6.80. The van der Waals surface area contributed by atoms with Gasteiger partial charge in [0.2, 0.25) is 0 Å². The van der Waals surface area contributed by atoms with E-state index in [4.69, 9.17) is 11.6 Å². The summed E-state index contributed by atoms with van der Waals surface area (Å²) in [5, 5.41) is 4.56. The van der Waals surface area contributed by atoms with Crippen LogP contribution < -0.4 is 5.32 Å². The Hall–Kier alpha value is -0.530. The van der Waals surface area contributed by atoms with E-state index in [9.17, 15) is 0 Å². The summed E-state index contributed by atoms with van der Waals surface area (Å²) in [4.78, 5) is 0. The average molecular weight is 266 g/mol. The molecule has 0 saturated heterocycles. The van der Waals surface area contributed by atoms with Gasteiger partial charge in [-0.2, -0.15) is 0 Å². The van der Waals surface area contributed by atoms with Crippen molar-refractivity contribution in [3.05, 3.63) is 34.3 Å². The smallest absolute Gasteiger partial charge is 0.0440 e. The molecular weight excluding hydrogens is 242 g/mol. The molecule has 1 N–H and O–H groups in total. The summed E-state index contributed by atoms with van der Waals surface area (Å²) < 4.78 is 0. The second-order valence-corrected chi connectivity index (χ2v) is 7.28. The molecule has 1 aliphatic carbocycles. The van der Waals surface area contributed by atoms with Crippen LogP contribution in [0.5, 0.6) is 0 Å². The van der Waals surface area contributed by atoms with E-state index in [1.807, 2.05) is 0 Å². The van der Waals surface area contributed by atoms with Crippen LogP contribution in [0.4, 0.5) is 0 Å². The predicted molar refractivity (Wildman–Crippen MR) is 79.3 cm³/mol. The molecule has 0 atom stereocenters. The van der Waals surface area contributed by atoms with Gasteiger partial charge in [0.15, 0.2) is 0 Å². The molecule has 0 spiro atoms. The van der Waals surface area contributed by atoms with Crippen molar-refractivity contribution in [1.82, 2.24) is 5.32 Å². The van der Waals surface area contributed by atoms with Crippen LogP contribution in [-0.2, 0) is 6.42 Å². The van der Waals surface area contributed by atoms with Gasteiger partial charge in [-0.15, -0.1) is 0 Å². The lowest BCUT2D eigenvalue weighted by Gasteiger charge is -2.25. The predicted octanol–water partition coefficient (Wildman–Crippen LogP) is 4.36. The average Bonchev–Trinajstić information content (AvgIpc) is 3.00. The van der Waals surface area contributed by atoms with E-state index in [-0.39, 0.29) is 5.54 Å². The second kappa shape index (κ2) is 4.86. The molecular formula is C16H24ClN. The van der Waals surface area contributed by atoms with E-state index >= 15 is 0 Å². The molecule has 1 saturated carbocycles. The van der Waals surface area contributed by atoms with Gasteiger partial charge in [0.1, 0.15) is 0 Å². The normalized spacial score (nSPS) is 17.8. The van der Waals surface area contributed by atoms with Crippen LogP contribution in [0.25, 0.3) is 0 Å². The van der Waals surface area contributed by atoms with Gasteiger partial charge in [0.05, 0.1) is 0 Å². The minimum Gasteiger partial charge on any atom is -0.312 e. The lowest BCUT2D eigenvalue weighted by molar-refractivity contribution is 0.356. The van der Waals surface area contributed by atoms with Crippen LogP contribution in [-0.4, -0.2) is 12.1 Å². The maximum Gasteiger partial charge on any atom is 0.0440 e. The summed E-state index contributed by atoms with van der Waals surface area (Å²) in [6.07, 6.45) is 3.75. The van der Waals surface area contributed by atoms with E-state index in [0.29, 0.717) is 5.41 Å². The van der Waals surface area contributed by atoms with Gasteiger partial charge in [-0.1, -0.05) is 23.7 Å². The highest BCUT2D eigenvalue weighted by Crippen LogP contribution is 2.48. The molecule has 0 unspecified atom stereocenters. The third kappa shape index (κ3) is 3.73. The van der Waals surface area contributed by atoms with Crippen LogP contribution in [0.3, 0.4) is 0 Å². The fourth-order valence-corrected chi connectivity index (χ4v) is 2.55. The SMILES string of the molecule is Cc1ccc(CC2(CNC(C)(C)C)CC2)c(Cl)c1. The number of hydrogen-bond acceptors (Lipinski definition) is 1. The summed E-state index contributed by atoms with van der Waals surface area (Å²) in [5.74, 6) is 0. The van der Waals surface area contributed by atoms with Gasteiger partial charge in [0, 0.05) is 17.1 Å². The van der Waals surface area contributed by atoms with Crippen molar-refractivity contribution >= 4 is 11.6 Å². The molecule has 1 aliphatic rings. The number of halogens is 1. The zero-order chi connectivity index (χ0) is 13.4. The van der Waals surface area contributed by atoms with Gasteiger partial charge in [0.25, 0.3) is 0 Å². The molecule has 2 rings (SSSR count). The van der Waals surface area contributed by atoms with Gasteiger partial charge in [-0.3, -0.25) is 0 Å². The highest BCUT2D eigenvalue weighted by molar-refractivity contribution is 6.31. The van der Waals surface area contributed by atoms with Gasteiger partial charge in [-0.05, 0) is 69.6 Å². The Bertz CT molecular complexity index is 427. The lowest BCUT2D eigenvalue weighted by Crippen LogP contribution is -2.40. The van der Waals surface area contributed by atoms with Crippen molar-refractivity contribution in [2.45, 2.75) is 52.5 Å². The number of benzene rings is 1. The highest BCUT2D eigenvalue weighted by atomic mass is 35.5. The Labute approximate surface area is 116 Å². The minimum absolute atomic E-state index is 0.201. The molecule has 0 bridgehead atoms. The topological polar surface area (TPSA) is 12.0 Å². The molecule has 2 heteroatoms. The van der Waals surface area contributed by atoms with Gasteiger partial charge < -0.3 is 5.32 Å². The molecule has 0 aliphatic heterocycles. The molecule has 100 valence electrons. The maximum absolute atomic E-state index is 6.33. The first kappa shape index (κ1) is 13.9. The van der Waals surface area contributed by atoms with E-state index < -0.39 is 0 Å². The first-order chi connectivity index (χ1) is 8.30. The van der Waals surface area contributed by atoms with Crippen molar-refractivity contribution in [3.8, 4) is 0 Å². The van der Waals surface area contributed by atoms with Gasteiger partial charge in [-0.25, -0.2) is 0 Å². The molecule has 1 aromatic carbocycles. The Morgan fingerprint density at radius 3 is 2.44 bits per heavy atom. The maximum atomic E-state index is 6.33.